The molecule has 21 heavy (non-hydrogen) atoms. The fourth-order valence-corrected chi connectivity index (χ4v) is 3.50. The molecule has 0 bridgehead atoms. The van der Waals surface area contributed by atoms with Crippen LogP contribution in [0, 0.1) is 10.9 Å². The highest BCUT2D eigenvalue weighted by molar-refractivity contribution is 7.73. The lowest BCUT2D eigenvalue weighted by Gasteiger charge is -2.10. The average Bonchev–Trinajstić information content (AvgIpc) is 2.85. The maximum absolute atomic E-state index is 6.13. The molecule has 0 saturated carbocycles. The van der Waals surface area contributed by atoms with Gasteiger partial charge >= 0.3 is 0 Å². The van der Waals surface area contributed by atoms with Crippen LogP contribution >= 0.6 is 46.8 Å². The molecule has 1 nitrogen and oxygen atoms in total. The number of hydrogen-bond acceptors (Lipinski definition) is 2. The quantitative estimate of drug-likeness (QED) is 0.473. The van der Waals surface area contributed by atoms with Crippen LogP contribution in [0.25, 0.3) is 16.9 Å². The lowest BCUT2D eigenvalue weighted by Crippen LogP contribution is -1.96. The second kappa shape index (κ2) is 5.93. The maximum Gasteiger partial charge on any atom is 0.166 e. The Morgan fingerprint density at radius 1 is 1.00 bits per heavy atom. The fraction of sp³-hybridized carbons (Fsp3) is 0.0625. The number of benzene rings is 2. The molecule has 0 aliphatic carbocycles. The van der Waals surface area contributed by atoms with Gasteiger partial charge < -0.3 is 0 Å². The third kappa shape index (κ3) is 2.92. The Hall–Kier alpha value is -1.13. The summed E-state index contributed by atoms with van der Waals surface area (Å²) < 4.78 is 2.80. The van der Waals surface area contributed by atoms with Crippen molar-refractivity contribution in [2.75, 3.05) is 0 Å². The predicted molar refractivity (Wildman–Crippen MR) is 94.7 cm³/mol. The Labute approximate surface area is 142 Å². The van der Waals surface area contributed by atoms with Gasteiger partial charge in [-0.25, -0.2) is 0 Å². The van der Waals surface area contributed by atoms with Crippen LogP contribution < -0.4 is 0 Å². The van der Waals surface area contributed by atoms with E-state index in [4.69, 9.17) is 35.4 Å². The highest BCUT2D eigenvalue weighted by Crippen LogP contribution is 2.31. The fourth-order valence-electron chi connectivity index (χ4n) is 2.10. The molecular weight excluding hydrogens is 341 g/mol. The number of rotatable bonds is 2. The lowest BCUT2D eigenvalue weighted by atomic mass is 10.1. The van der Waals surface area contributed by atoms with Crippen LogP contribution in [-0.4, -0.2) is 4.57 Å². The summed E-state index contributed by atoms with van der Waals surface area (Å²) in [5.74, 6) is 0. The lowest BCUT2D eigenvalue weighted by molar-refractivity contribution is 1.08. The first-order chi connectivity index (χ1) is 10.1. The van der Waals surface area contributed by atoms with E-state index in [-0.39, 0.29) is 0 Å². The monoisotopic (exact) mass is 351 g/mol. The van der Waals surface area contributed by atoms with Gasteiger partial charge in [0.25, 0.3) is 0 Å². The van der Waals surface area contributed by atoms with Crippen molar-refractivity contribution in [2.24, 2.45) is 0 Å². The molecule has 1 heterocycles. The van der Waals surface area contributed by atoms with Gasteiger partial charge in [-0.05, 0) is 42.9 Å². The van der Waals surface area contributed by atoms with Gasteiger partial charge in [-0.1, -0.05) is 53.0 Å². The summed E-state index contributed by atoms with van der Waals surface area (Å²) >= 11 is 19.1. The van der Waals surface area contributed by atoms with E-state index in [0.717, 1.165) is 20.9 Å². The van der Waals surface area contributed by atoms with Gasteiger partial charge in [0.05, 0.1) is 15.7 Å². The van der Waals surface area contributed by atoms with Crippen LogP contribution in [0.3, 0.4) is 0 Å². The standard InChI is InChI=1S/C16H11Cl2NS2/c1-10-2-4-11(5-3-10)15-9-21-16(20)19(15)12-6-7-13(17)14(18)8-12/h2-9H,1H3. The molecule has 0 saturated heterocycles. The molecule has 0 fully saturated rings. The molecule has 0 spiro atoms. The average molecular weight is 352 g/mol. The van der Waals surface area contributed by atoms with Gasteiger partial charge in [-0.3, -0.25) is 4.57 Å². The van der Waals surface area contributed by atoms with Crippen LogP contribution in [0.1, 0.15) is 5.56 Å². The Kier molecular flexibility index (Phi) is 4.18. The number of aromatic nitrogens is 1. The number of hydrogen-bond donors (Lipinski definition) is 0. The molecule has 5 heteroatoms. The van der Waals surface area contributed by atoms with Gasteiger partial charge in [0, 0.05) is 11.1 Å². The van der Waals surface area contributed by atoms with Gasteiger partial charge in [0.15, 0.2) is 3.95 Å². The molecular formula is C16H11Cl2NS2. The van der Waals surface area contributed by atoms with Crippen LogP contribution in [0.2, 0.25) is 10.0 Å². The van der Waals surface area contributed by atoms with Gasteiger partial charge in [0.1, 0.15) is 0 Å². The summed E-state index contributed by atoms with van der Waals surface area (Å²) in [6.45, 7) is 2.07. The molecule has 2 aromatic carbocycles. The maximum atomic E-state index is 6.13. The van der Waals surface area contributed by atoms with E-state index in [2.05, 4.69) is 36.6 Å². The first-order valence-electron chi connectivity index (χ1n) is 6.29. The molecule has 1 aromatic heterocycles. The summed E-state index contributed by atoms with van der Waals surface area (Å²) in [5.41, 5.74) is 4.34. The summed E-state index contributed by atoms with van der Waals surface area (Å²) in [7, 11) is 0. The minimum atomic E-state index is 0.525. The Morgan fingerprint density at radius 3 is 2.38 bits per heavy atom. The smallest absolute Gasteiger partial charge is 0.166 e. The van der Waals surface area contributed by atoms with E-state index < -0.39 is 0 Å². The van der Waals surface area contributed by atoms with Crippen molar-refractivity contribution in [3.05, 3.63) is 67.4 Å². The number of aryl methyl sites for hydroxylation is 1. The number of halogens is 2. The first-order valence-corrected chi connectivity index (χ1v) is 8.33. The molecule has 0 unspecified atom stereocenters. The third-order valence-corrected chi connectivity index (χ3v) is 5.14. The van der Waals surface area contributed by atoms with E-state index in [0.29, 0.717) is 10.0 Å². The minimum Gasteiger partial charge on any atom is -0.291 e. The van der Waals surface area contributed by atoms with Crippen molar-refractivity contribution in [1.29, 1.82) is 0 Å². The highest BCUT2D eigenvalue weighted by Gasteiger charge is 2.10. The first kappa shape index (κ1) is 14.8. The van der Waals surface area contributed by atoms with Crippen LogP contribution in [0.4, 0.5) is 0 Å². The molecule has 3 aromatic rings. The molecule has 0 radical (unpaired) electrons. The summed E-state index contributed by atoms with van der Waals surface area (Å²) in [6.07, 6.45) is 0. The van der Waals surface area contributed by atoms with E-state index in [1.807, 2.05) is 16.7 Å². The van der Waals surface area contributed by atoms with E-state index in [1.165, 1.54) is 16.9 Å². The van der Waals surface area contributed by atoms with Crippen molar-refractivity contribution >= 4 is 46.8 Å². The van der Waals surface area contributed by atoms with Crippen LogP contribution in [0.15, 0.2) is 47.8 Å². The Balaban J connectivity index is 2.19. The SMILES string of the molecule is Cc1ccc(-c2csc(=S)n2-c2ccc(Cl)c(Cl)c2)cc1. The Bertz CT molecular complexity index is 847. The zero-order valence-electron chi connectivity index (χ0n) is 11.1. The molecule has 0 aliphatic rings. The van der Waals surface area contributed by atoms with Crippen molar-refractivity contribution in [3.8, 4) is 16.9 Å². The highest BCUT2D eigenvalue weighted by atomic mass is 35.5. The van der Waals surface area contributed by atoms with E-state index >= 15 is 0 Å². The van der Waals surface area contributed by atoms with Crippen molar-refractivity contribution in [1.82, 2.24) is 4.57 Å². The predicted octanol–water partition coefficient (Wildman–Crippen LogP) is 6.55. The van der Waals surface area contributed by atoms with Crippen molar-refractivity contribution in [3.63, 3.8) is 0 Å². The molecule has 0 N–H and O–H groups in total. The van der Waals surface area contributed by atoms with Gasteiger partial charge in [-0.2, -0.15) is 0 Å². The van der Waals surface area contributed by atoms with Crippen molar-refractivity contribution in [2.45, 2.75) is 6.92 Å². The van der Waals surface area contributed by atoms with Gasteiger partial charge in [0.2, 0.25) is 0 Å². The second-order valence-electron chi connectivity index (χ2n) is 4.69. The number of thiazole rings is 1. The summed E-state index contributed by atoms with van der Waals surface area (Å²) in [6, 6.07) is 13.9. The summed E-state index contributed by atoms with van der Waals surface area (Å²) in [5, 5.41) is 3.13. The minimum absolute atomic E-state index is 0.525. The Morgan fingerprint density at radius 2 is 1.71 bits per heavy atom. The molecule has 0 aliphatic heterocycles. The number of nitrogens with zero attached hydrogens (tertiary/aromatic N) is 1. The largest absolute Gasteiger partial charge is 0.291 e. The van der Waals surface area contributed by atoms with Crippen LogP contribution in [-0.2, 0) is 0 Å². The van der Waals surface area contributed by atoms with Gasteiger partial charge in [-0.15, -0.1) is 11.3 Å². The third-order valence-electron chi connectivity index (χ3n) is 3.20. The molecule has 106 valence electrons. The van der Waals surface area contributed by atoms with Crippen molar-refractivity contribution < 1.29 is 0 Å². The van der Waals surface area contributed by atoms with Crippen LogP contribution in [0.5, 0.6) is 0 Å². The zero-order chi connectivity index (χ0) is 15.0. The molecule has 3 rings (SSSR count). The molecule has 0 atom stereocenters. The zero-order valence-corrected chi connectivity index (χ0v) is 14.3. The molecule has 0 amide bonds. The topological polar surface area (TPSA) is 4.93 Å². The summed E-state index contributed by atoms with van der Waals surface area (Å²) in [4.78, 5) is 0. The van der Waals surface area contributed by atoms with E-state index in [9.17, 15) is 0 Å². The van der Waals surface area contributed by atoms with E-state index in [1.54, 1.807) is 6.07 Å². The normalized spacial score (nSPS) is 10.8. The second-order valence-corrected chi connectivity index (χ2v) is 7.00.